The third kappa shape index (κ3) is 1.37. The van der Waals surface area contributed by atoms with E-state index in [1.54, 1.807) is 0 Å². The van der Waals surface area contributed by atoms with Crippen LogP contribution >= 0.6 is 0 Å². The van der Waals surface area contributed by atoms with Crippen LogP contribution in [0.1, 0.15) is 37.3 Å². The molecule has 0 spiro atoms. The first-order chi connectivity index (χ1) is 5.81. The molecule has 0 bridgehead atoms. The van der Waals surface area contributed by atoms with Crippen LogP contribution in [0.25, 0.3) is 0 Å². The average Bonchev–Trinajstić information content (AvgIpc) is 2.83. The molecular weight excluding hydrogens is 150 g/mol. The summed E-state index contributed by atoms with van der Waals surface area (Å²) in [7, 11) is 0. The van der Waals surface area contributed by atoms with E-state index in [0.717, 1.165) is 0 Å². The first kappa shape index (κ1) is 7.80. The lowest BCUT2D eigenvalue weighted by Crippen LogP contribution is -2.07. The Morgan fingerprint density at radius 2 is 2.50 bits per heavy atom. The van der Waals surface area contributed by atoms with E-state index >= 15 is 0 Å². The molecule has 2 rings (SSSR count). The van der Waals surface area contributed by atoms with E-state index in [1.165, 1.54) is 18.4 Å². The first-order valence-electron chi connectivity index (χ1n) is 4.55. The summed E-state index contributed by atoms with van der Waals surface area (Å²) in [5.74, 6) is 0.442. The van der Waals surface area contributed by atoms with Gasteiger partial charge in [0.25, 0.3) is 0 Å². The number of rotatable bonds is 3. The average molecular weight is 165 g/mol. The minimum atomic E-state index is 0.442. The Kier molecular flexibility index (Phi) is 1.89. The van der Waals surface area contributed by atoms with Crippen molar-refractivity contribution in [3.05, 3.63) is 18.0 Å². The molecule has 0 saturated heterocycles. The highest BCUT2D eigenvalue weighted by Crippen LogP contribution is 2.34. The van der Waals surface area contributed by atoms with E-state index in [0.29, 0.717) is 18.5 Å². The van der Waals surface area contributed by atoms with Gasteiger partial charge >= 0.3 is 0 Å². The summed E-state index contributed by atoms with van der Waals surface area (Å²) >= 11 is 0. The molecule has 1 aromatic heterocycles. The highest BCUT2D eigenvalue weighted by molar-refractivity contribution is 5.11. The molecule has 3 heteroatoms. The number of nitrogens with zero attached hydrogens (tertiary/aromatic N) is 2. The number of hydrogen-bond donors (Lipinski definition) is 1. The zero-order valence-electron chi connectivity index (χ0n) is 7.40. The predicted octanol–water partition coefficient (Wildman–Crippen LogP) is 1.28. The monoisotopic (exact) mass is 165 g/mol. The number of hydrogen-bond acceptors (Lipinski definition) is 2. The zero-order valence-corrected chi connectivity index (χ0v) is 7.40. The molecule has 1 fully saturated rings. The second-order valence-corrected chi connectivity index (χ2v) is 3.62. The van der Waals surface area contributed by atoms with Crippen LogP contribution in [0.4, 0.5) is 0 Å². The Hall–Kier alpha value is -0.830. The minimum Gasteiger partial charge on any atom is -0.330 e. The van der Waals surface area contributed by atoms with Crippen LogP contribution in [0, 0.1) is 0 Å². The summed E-state index contributed by atoms with van der Waals surface area (Å²) in [6, 6.07) is 0.684. The van der Waals surface area contributed by atoms with Gasteiger partial charge in [0.1, 0.15) is 0 Å². The molecule has 0 aliphatic heterocycles. The maximum absolute atomic E-state index is 5.57. The second-order valence-electron chi connectivity index (χ2n) is 3.62. The highest BCUT2D eigenvalue weighted by atomic mass is 15.3. The van der Waals surface area contributed by atoms with Crippen LogP contribution in [0.2, 0.25) is 0 Å². The van der Waals surface area contributed by atoms with Crippen molar-refractivity contribution in [3.63, 3.8) is 0 Å². The van der Waals surface area contributed by atoms with Gasteiger partial charge in [0, 0.05) is 6.20 Å². The van der Waals surface area contributed by atoms with Gasteiger partial charge in [-0.25, -0.2) is 0 Å². The summed E-state index contributed by atoms with van der Waals surface area (Å²) < 4.78 is 2.07. The fourth-order valence-corrected chi connectivity index (χ4v) is 1.28. The molecule has 1 aromatic rings. The Labute approximate surface area is 72.6 Å². The SMILES string of the molecule is CC(CN)c1cnn(C2CC2)c1. The molecule has 1 saturated carbocycles. The van der Waals surface area contributed by atoms with Crippen LogP contribution in [0.15, 0.2) is 12.4 Å². The zero-order chi connectivity index (χ0) is 8.55. The minimum absolute atomic E-state index is 0.442. The summed E-state index contributed by atoms with van der Waals surface area (Å²) in [5.41, 5.74) is 6.84. The molecule has 12 heavy (non-hydrogen) atoms. The van der Waals surface area contributed by atoms with Crippen molar-refractivity contribution in [2.75, 3.05) is 6.54 Å². The van der Waals surface area contributed by atoms with Crippen LogP contribution < -0.4 is 5.73 Å². The molecule has 66 valence electrons. The Bertz CT molecular complexity index is 262. The van der Waals surface area contributed by atoms with Gasteiger partial charge in [-0.3, -0.25) is 4.68 Å². The molecule has 1 aliphatic rings. The van der Waals surface area contributed by atoms with Gasteiger partial charge in [-0.1, -0.05) is 6.92 Å². The Morgan fingerprint density at radius 3 is 3.08 bits per heavy atom. The van der Waals surface area contributed by atoms with Crippen molar-refractivity contribution < 1.29 is 0 Å². The van der Waals surface area contributed by atoms with Crippen molar-refractivity contribution in [2.45, 2.75) is 31.7 Å². The number of aromatic nitrogens is 2. The van der Waals surface area contributed by atoms with Crippen molar-refractivity contribution >= 4 is 0 Å². The molecule has 0 amide bonds. The van der Waals surface area contributed by atoms with Crippen LogP contribution in [0.5, 0.6) is 0 Å². The van der Waals surface area contributed by atoms with E-state index in [2.05, 4.69) is 22.9 Å². The standard InChI is InChI=1S/C9H15N3/c1-7(4-10)8-5-11-12(6-8)9-2-3-9/h5-7,9H,2-4,10H2,1H3. The van der Waals surface area contributed by atoms with Crippen LogP contribution in [-0.2, 0) is 0 Å². The van der Waals surface area contributed by atoms with Crippen molar-refractivity contribution in [1.82, 2.24) is 9.78 Å². The topological polar surface area (TPSA) is 43.8 Å². The van der Waals surface area contributed by atoms with Gasteiger partial charge in [-0.15, -0.1) is 0 Å². The number of nitrogens with two attached hydrogens (primary N) is 1. The largest absolute Gasteiger partial charge is 0.330 e. The van der Waals surface area contributed by atoms with Crippen molar-refractivity contribution in [3.8, 4) is 0 Å². The van der Waals surface area contributed by atoms with Gasteiger partial charge in [-0.05, 0) is 30.9 Å². The maximum Gasteiger partial charge on any atom is 0.0525 e. The molecule has 1 unspecified atom stereocenters. The fourth-order valence-electron chi connectivity index (χ4n) is 1.28. The lowest BCUT2D eigenvalue weighted by Gasteiger charge is -2.02. The van der Waals surface area contributed by atoms with E-state index < -0.39 is 0 Å². The normalized spacial score (nSPS) is 19.5. The molecule has 0 aromatic carbocycles. The quantitative estimate of drug-likeness (QED) is 0.733. The molecule has 1 atom stereocenters. The summed E-state index contributed by atoms with van der Waals surface area (Å²) in [4.78, 5) is 0. The highest BCUT2D eigenvalue weighted by Gasteiger charge is 2.24. The smallest absolute Gasteiger partial charge is 0.0525 e. The second kappa shape index (κ2) is 2.90. The molecule has 2 N–H and O–H groups in total. The van der Waals surface area contributed by atoms with E-state index in [-0.39, 0.29) is 0 Å². The summed E-state index contributed by atoms with van der Waals surface area (Å²) in [6.07, 6.45) is 6.65. The van der Waals surface area contributed by atoms with E-state index in [1.807, 2.05) is 6.20 Å². The van der Waals surface area contributed by atoms with Gasteiger partial charge < -0.3 is 5.73 Å². The molecule has 3 nitrogen and oxygen atoms in total. The molecule has 1 aliphatic carbocycles. The van der Waals surface area contributed by atoms with Crippen LogP contribution in [-0.4, -0.2) is 16.3 Å². The summed E-state index contributed by atoms with van der Waals surface area (Å²) in [6.45, 7) is 2.84. The lowest BCUT2D eigenvalue weighted by atomic mass is 10.1. The third-order valence-electron chi connectivity index (χ3n) is 2.47. The predicted molar refractivity (Wildman–Crippen MR) is 48.0 cm³/mol. The van der Waals surface area contributed by atoms with Gasteiger partial charge in [-0.2, -0.15) is 5.10 Å². The maximum atomic E-state index is 5.57. The summed E-state index contributed by atoms with van der Waals surface area (Å²) in [5, 5.41) is 4.31. The van der Waals surface area contributed by atoms with E-state index in [9.17, 15) is 0 Å². The molecule has 0 radical (unpaired) electrons. The molecule has 1 heterocycles. The van der Waals surface area contributed by atoms with Crippen molar-refractivity contribution in [2.24, 2.45) is 5.73 Å². The first-order valence-corrected chi connectivity index (χ1v) is 4.55. The van der Waals surface area contributed by atoms with Crippen molar-refractivity contribution in [1.29, 1.82) is 0 Å². The third-order valence-corrected chi connectivity index (χ3v) is 2.47. The van der Waals surface area contributed by atoms with Crippen LogP contribution in [0.3, 0.4) is 0 Å². The van der Waals surface area contributed by atoms with Gasteiger partial charge in [0.2, 0.25) is 0 Å². The fraction of sp³-hybridized carbons (Fsp3) is 0.667. The van der Waals surface area contributed by atoms with E-state index in [4.69, 9.17) is 5.73 Å². The van der Waals surface area contributed by atoms with Gasteiger partial charge in [0.05, 0.1) is 12.2 Å². The Balaban J connectivity index is 2.12. The Morgan fingerprint density at radius 1 is 1.75 bits per heavy atom. The molecular formula is C9H15N3. The lowest BCUT2D eigenvalue weighted by molar-refractivity contribution is 0.639. The van der Waals surface area contributed by atoms with Gasteiger partial charge in [0.15, 0.2) is 0 Å².